The van der Waals surface area contributed by atoms with E-state index in [1.54, 1.807) is 0 Å². The second-order valence-corrected chi connectivity index (χ2v) is 7.88. The van der Waals surface area contributed by atoms with Crippen molar-refractivity contribution in [2.45, 2.75) is 39.2 Å². The van der Waals surface area contributed by atoms with E-state index in [0.717, 1.165) is 57.0 Å². The Hall–Kier alpha value is -1.55. The highest BCUT2D eigenvalue weighted by atomic mass is 127. The van der Waals surface area contributed by atoms with E-state index < -0.39 is 0 Å². The molecule has 0 spiro atoms. The summed E-state index contributed by atoms with van der Waals surface area (Å²) in [6, 6.07) is 7.69. The van der Waals surface area contributed by atoms with Crippen molar-refractivity contribution in [3.63, 3.8) is 0 Å². The summed E-state index contributed by atoms with van der Waals surface area (Å²) in [5.41, 5.74) is 6.88. The Balaban J connectivity index is 0.00000300. The first-order chi connectivity index (χ1) is 13.5. The number of anilines is 1. The lowest BCUT2D eigenvalue weighted by atomic mass is 9.84. The van der Waals surface area contributed by atoms with E-state index in [0.29, 0.717) is 24.3 Å². The number of nitrogens with one attached hydrogen (secondary N) is 1. The fourth-order valence-corrected chi connectivity index (χ4v) is 3.49. The lowest BCUT2D eigenvalue weighted by Crippen LogP contribution is -2.51. The zero-order valence-corrected chi connectivity index (χ0v) is 19.8. The van der Waals surface area contributed by atoms with E-state index in [1.165, 1.54) is 6.42 Å². The molecule has 3 rings (SSSR count). The number of halogens is 1. The molecule has 1 aliphatic carbocycles. The van der Waals surface area contributed by atoms with Crippen molar-refractivity contribution < 1.29 is 9.53 Å². The molecule has 3 N–H and O–H groups in total. The first kappa shape index (κ1) is 23.7. The van der Waals surface area contributed by atoms with E-state index in [9.17, 15) is 4.79 Å². The average Bonchev–Trinajstić information content (AvgIpc) is 2.62. The van der Waals surface area contributed by atoms with Crippen LogP contribution in [0, 0.1) is 5.92 Å². The molecular formula is C21H34IN5O2. The van der Waals surface area contributed by atoms with Gasteiger partial charge in [0.15, 0.2) is 5.96 Å². The Bertz CT molecular complexity index is 668. The number of benzene rings is 1. The van der Waals surface area contributed by atoms with Gasteiger partial charge < -0.3 is 20.7 Å². The number of nitrogens with two attached hydrogens (primary N) is 1. The fourth-order valence-electron chi connectivity index (χ4n) is 3.49. The predicted molar refractivity (Wildman–Crippen MR) is 128 cm³/mol. The van der Waals surface area contributed by atoms with Gasteiger partial charge in [-0.3, -0.25) is 14.7 Å². The van der Waals surface area contributed by atoms with E-state index in [4.69, 9.17) is 10.5 Å². The van der Waals surface area contributed by atoms with Crippen molar-refractivity contribution in [3.05, 3.63) is 24.3 Å². The molecule has 0 radical (unpaired) electrons. The van der Waals surface area contributed by atoms with Crippen LogP contribution in [0.5, 0.6) is 5.75 Å². The van der Waals surface area contributed by atoms with Crippen molar-refractivity contribution >= 4 is 41.5 Å². The van der Waals surface area contributed by atoms with Gasteiger partial charge in [0.1, 0.15) is 5.75 Å². The molecule has 0 aromatic heterocycles. The summed E-state index contributed by atoms with van der Waals surface area (Å²) in [6.45, 7) is 9.00. The molecular weight excluding hydrogens is 481 g/mol. The Kier molecular flexibility index (Phi) is 9.48. The Labute approximate surface area is 191 Å². The zero-order chi connectivity index (χ0) is 19.9. The molecule has 0 atom stereocenters. The van der Waals surface area contributed by atoms with Crippen molar-refractivity contribution in [2.24, 2.45) is 16.6 Å². The number of carbonyl (C=O) groups is 1. The van der Waals surface area contributed by atoms with Crippen LogP contribution < -0.4 is 15.8 Å². The minimum absolute atomic E-state index is 0. The van der Waals surface area contributed by atoms with Crippen LogP contribution in [0.2, 0.25) is 0 Å². The number of guanidine groups is 1. The standard InChI is InChI=1S/C21H33N5O2.HI/c1-16(2)28-19-8-6-18(7-9-19)24-21(22)23-10-11-25-12-14-26(15-13-25)20(27)17-4-3-5-17;/h6-9,16-17H,3-5,10-15H2,1-2H3,(H3,22,23,24);1H. The Morgan fingerprint density at radius 2 is 1.86 bits per heavy atom. The number of aliphatic imine (C=N–C) groups is 1. The number of piperazine rings is 1. The van der Waals surface area contributed by atoms with Gasteiger partial charge in [0, 0.05) is 44.3 Å². The molecule has 1 amide bonds. The smallest absolute Gasteiger partial charge is 0.225 e. The van der Waals surface area contributed by atoms with Crippen LogP contribution in [-0.2, 0) is 4.79 Å². The maximum atomic E-state index is 12.3. The third kappa shape index (κ3) is 7.33. The fraction of sp³-hybridized carbons (Fsp3) is 0.619. The maximum absolute atomic E-state index is 12.3. The molecule has 2 fully saturated rings. The number of nitrogens with zero attached hydrogens (tertiary/aromatic N) is 3. The molecule has 1 aromatic carbocycles. The van der Waals surface area contributed by atoms with Crippen molar-refractivity contribution in [3.8, 4) is 5.75 Å². The van der Waals surface area contributed by atoms with Gasteiger partial charge in [-0.2, -0.15) is 0 Å². The van der Waals surface area contributed by atoms with Gasteiger partial charge in [0.25, 0.3) is 0 Å². The highest BCUT2D eigenvalue weighted by molar-refractivity contribution is 14.0. The number of rotatable bonds is 7. The van der Waals surface area contributed by atoms with Gasteiger partial charge >= 0.3 is 0 Å². The SMILES string of the molecule is CC(C)Oc1ccc(NC(N)=NCCN2CCN(C(=O)C3CCC3)CC2)cc1.I. The van der Waals surface area contributed by atoms with E-state index in [-0.39, 0.29) is 30.1 Å². The molecule has 0 bridgehead atoms. The molecule has 162 valence electrons. The summed E-state index contributed by atoms with van der Waals surface area (Å²) >= 11 is 0. The summed E-state index contributed by atoms with van der Waals surface area (Å²) in [7, 11) is 0. The molecule has 1 heterocycles. The van der Waals surface area contributed by atoms with Gasteiger partial charge in [0.2, 0.25) is 5.91 Å². The first-order valence-electron chi connectivity index (χ1n) is 10.4. The number of hydrogen-bond donors (Lipinski definition) is 2. The first-order valence-corrected chi connectivity index (χ1v) is 10.4. The lowest BCUT2D eigenvalue weighted by molar-refractivity contribution is -0.139. The van der Waals surface area contributed by atoms with E-state index in [1.807, 2.05) is 43.0 Å². The Morgan fingerprint density at radius 1 is 1.21 bits per heavy atom. The quantitative estimate of drug-likeness (QED) is 0.332. The second-order valence-electron chi connectivity index (χ2n) is 7.88. The molecule has 0 unspecified atom stereocenters. The number of ether oxygens (including phenoxy) is 1. The molecule has 29 heavy (non-hydrogen) atoms. The third-order valence-corrected chi connectivity index (χ3v) is 5.34. The number of hydrogen-bond acceptors (Lipinski definition) is 4. The maximum Gasteiger partial charge on any atom is 0.225 e. The molecule has 2 aliphatic rings. The van der Waals surface area contributed by atoms with Crippen LogP contribution >= 0.6 is 24.0 Å². The van der Waals surface area contributed by atoms with Gasteiger partial charge in [-0.15, -0.1) is 24.0 Å². The van der Waals surface area contributed by atoms with Crippen molar-refractivity contribution in [2.75, 3.05) is 44.6 Å². The topological polar surface area (TPSA) is 83.2 Å². The third-order valence-electron chi connectivity index (χ3n) is 5.34. The van der Waals surface area contributed by atoms with Crippen LogP contribution in [0.15, 0.2) is 29.3 Å². The van der Waals surface area contributed by atoms with Crippen molar-refractivity contribution in [1.82, 2.24) is 9.80 Å². The van der Waals surface area contributed by atoms with Gasteiger partial charge in [-0.1, -0.05) is 6.42 Å². The van der Waals surface area contributed by atoms with Crippen LogP contribution in [-0.4, -0.2) is 67.0 Å². The largest absolute Gasteiger partial charge is 0.491 e. The average molecular weight is 515 g/mol. The molecule has 8 heteroatoms. The van der Waals surface area contributed by atoms with Crippen LogP contribution in [0.25, 0.3) is 0 Å². The zero-order valence-electron chi connectivity index (χ0n) is 17.5. The minimum Gasteiger partial charge on any atom is -0.491 e. The number of carbonyl (C=O) groups excluding carboxylic acids is 1. The monoisotopic (exact) mass is 515 g/mol. The van der Waals surface area contributed by atoms with Crippen LogP contribution in [0.1, 0.15) is 33.1 Å². The van der Waals surface area contributed by atoms with Crippen LogP contribution in [0.4, 0.5) is 5.69 Å². The highest BCUT2D eigenvalue weighted by Crippen LogP contribution is 2.28. The summed E-state index contributed by atoms with van der Waals surface area (Å²) < 4.78 is 5.63. The van der Waals surface area contributed by atoms with E-state index in [2.05, 4.69) is 15.2 Å². The minimum atomic E-state index is 0. The molecule has 1 saturated carbocycles. The van der Waals surface area contributed by atoms with Gasteiger partial charge in [0.05, 0.1) is 12.6 Å². The highest BCUT2D eigenvalue weighted by Gasteiger charge is 2.30. The second kappa shape index (κ2) is 11.6. The predicted octanol–water partition coefficient (Wildman–Crippen LogP) is 2.76. The summed E-state index contributed by atoms with van der Waals surface area (Å²) in [5, 5.41) is 3.11. The number of amides is 1. The Morgan fingerprint density at radius 3 is 2.41 bits per heavy atom. The molecule has 1 aromatic rings. The summed E-state index contributed by atoms with van der Waals surface area (Å²) in [4.78, 5) is 21.1. The molecule has 7 nitrogen and oxygen atoms in total. The van der Waals surface area contributed by atoms with Gasteiger partial charge in [-0.25, -0.2) is 0 Å². The molecule has 1 aliphatic heterocycles. The summed E-state index contributed by atoms with van der Waals surface area (Å²) in [5.74, 6) is 1.91. The van der Waals surface area contributed by atoms with Crippen molar-refractivity contribution in [1.29, 1.82) is 0 Å². The molecule has 1 saturated heterocycles. The summed E-state index contributed by atoms with van der Waals surface area (Å²) in [6.07, 6.45) is 3.52. The normalized spacial score (nSPS) is 18.2. The van der Waals surface area contributed by atoms with E-state index >= 15 is 0 Å². The lowest BCUT2D eigenvalue weighted by Gasteiger charge is -2.38. The van der Waals surface area contributed by atoms with Crippen LogP contribution in [0.3, 0.4) is 0 Å². The van der Waals surface area contributed by atoms with Gasteiger partial charge in [-0.05, 0) is 51.0 Å².